The van der Waals surface area contributed by atoms with Gasteiger partial charge in [0.15, 0.2) is 11.6 Å². The zero-order valence-corrected chi connectivity index (χ0v) is 10.3. The van der Waals surface area contributed by atoms with Gasteiger partial charge < -0.3 is 10.5 Å². The molecule has 1 heterocycles. The summed E-state index contributed by atoms with van der Waals surface area (Å²) in [5, 5.41) is 4.21. The van der Waals surface area contributed by atoms with Gasteiger partial charge in [-0.2, -0.15) is 5.10 Å². The maximum atomic E-state index is 13.6. The van der Waals surface area contributed by atoms with Gasteiger partial charge in [-0.05, 0) is 30.7 Å². The average molecular weight is 249 g/mol. The minimum atomic E-state index is -0.371. The van der Waals surface area contributed by atoms with E-state index in [1.165, 1.54) is 13.2 Å². The molecular formula is C13H16FN3O. The topological polar surface area (TPSA) is 53.1 Å². The summed E-state index contributed by atoms with van der Waals surface area (Å²) < 4.78 is 20.3. The summed E-state index contributed by atoms with van der Waals surface area (Å²) >= 11 is 0. The van der Waals surface area contributed by atoms with E-state index in [1.54, 1.807) is 12.3 Å². The first-order valence-corrected chi connectivity index (χ1v) is 5.81. The lowest BCUT2D eigenvalue weighted by molar-refractivity contribution is 0.386. The van der Waals surface area contributed by atoms with Gasteiger partial charge in [0.1, 0.15) is 0 Å². The van der Waals surface area contributed by atoms with E-state index in [1.807, 2.05) is 16.9 Å². The molecule has 2 rings (SSSR count). The summed E-state index contributed by atoms with van der Waals surface area (Å²) in [4.78, 5) is 0. The van der Waals surface area contributed by atoms with Crippen LogP contribution in [0.4, 0.5) is 4.39 Å². The zero-order chi connectivity index (χ0) is 13.0. The Morgan fingerprint density at radius 3 is 2.89 bits per heavy atom. The van der Waals surface area contributed by atoms with Crippen molar-refractivity contribution >= 4 is 0 Å². The molecule has 18 heavy (non-hydrogen) atoms. The Labute approximate surface area is 105 Å². The van der Waals surface area contributed by atoms with E-state index < -0.39 is 0 Å². The largest absolute Gasteiger partial charge is 0.494 e. The van der Waals surface area contributed by atoms with Crippen LogP contribution in [-0.2, 0) is 6.54 Å². The van der Waals surface area contributed by atoms with Gasteiger partial charge in [0, 0.05) is 18.3 Å². The van der Waals surface area contributed by atoms with Crippen LogP contribution in [0.25, 0.3) is 11.1 Å². The number of hydrogen-bond donors (Lipinski definition) is 1. The standard InChI is InChI=1S/C13H16FN3O/c1-18-13-4-3-10(7-12(13)14)11-8-16-17(9-11)6-2-5-15/h3-4,7-9H,2,5-6,15H2,1H3. The predicted molar refractivity (Wildman–Crippen MR) is 67.8 cm³/mol. The Kier molecular flexibility index (Phi) is 3.94. The number of halogens is 1. The summed E-state index contributed by atoms with van der Waals surface area (Å²) in [5.41, 5.74) is 7.11. The Hall–Kier alpha value is -1.88. The van der Waals surface area contributed by atoms with Crippen LogP contribution in [0.2, 0.25) is 0 Å². The molecule has 0 aliphatic heterocycles. The first-order valence-electron chi connectivity index (χ1n) is 5.81. The Morgan fingerprint density at radius 1 is 1.39 bits per heavy atom. The molecule has 0 unspecified atom stereocenters. The Bertz CT molecular complexity index is 525. The third-order valence-corrected chi connectivity index (χ3v) is 2.71. The fourth-order valence-electron chi connectivity index (χ4n) is 1.73. The maximum Gasteiger partial charge on any atom is 0.165 e. The summed E-state index contributed by atoms with van der Waals surface area (Å²) in [7, 11) is 1.45. The molecule has 2 aromatic rings. The molecule has 1 aromatic heterocycles. The van der Waals surface area contributed by atoms with Crippen LogP contribution >= 0.6 is 0 Å². The molecule has 0 saturated heterocycles. The van der Waals surface area contributed by atoms with Crippen molar-refractivity contribution < 1.29 is 9.13 Å². The molecule has 0 radical (unpaired) electrons. The minimum absolute atomic E-state index is 0.245. The van der Waals surface area contributed by atoms with Crippen LogP contribution in [0.3, 0.4) is 0 Å². The summed E-state index contributed by atoms with van der Waals surface area (Å²) in [5.74, 6) is -0.126. The highest BCUT2D eigenvalue weighted by atomic mass is 19.1. The summed E-state index contributed by atoms with van der Waals surface area (Å²) in [6, 6.07) is 4.87. The van der Waals surface area contributed by atoms with Gasteiger partial charge in [0.2, 0.25) is 0 Å². The molecule has 0 amide bonds. The van der Waals surface area contributed by atoms with Crippen LogP contribution < -0.4 is 10.5 Å². The lowest BCUT2D eigenvalue weighted by atomic mass is 10.1. The first-order chi connectivity index (χ1) is 8.74. The number of hydrogen-bond acceptors (Lipinski definition) is 3. The molecule has 0 aliphatic carbocycles. The summed E-state index contributed by atoms with van der Waals surface area (Å²) in [6.45, 7) is 1.40. The normalized spacial score (nSPS) is 10.6. The molecule has 2 N–H and O–H groups in total. The number of benzene rings is 1. The van der Waals surface area contributed by atoms with Crippen molar-refractivity contribution in [1.82, 2.24) is 9.78 Å². The average Bonchev–Trinajstić information content (AvgIpc) is 2.85. The van der Waals surface area contributed by atoms with Gasteiger partial charge in [-0.15, -0.1) is 0 Å². The molecule has 4 nitrogen and oxygen atoms in total. The van der Waals surface area contributed by atoms with Crippen LogP contribution in [0.1, 0.15) is 6.42 Å². The van der Waals surface area contributed by atoms with E-state index in [0.29, 0.717) is 6.54 Å². The number of aromatic nitrogens is 2. The fourth-order valence-corrected chi connectivity index (χ4v) is 1.73. The van der Waals surface area contributed by atoms with Gasteiger partial charge in [-0.1, -0.05) is 6.07 Å². The molecule has 0 fully saturated rings. The second kappa shape index (κ2) is 5.64. The van der Waals surface area contributed by atoms with E-state index in [-0.39, 0.29) is 11.6 Å². The Morgan fingerprint density at radius 2 is 2.22 bits per heavy atom. The number of nitrogens with two attached hydrogens (primary N) is 1. The van der Waals surface area contributed by atoms with E-state index in [4.69, 9.17) is 10.5 Å². The molecule has 0 spiro atoms. The van der Waals surface area contributed by atoms with Crippen molar-refractivity contribution in [2.75, 3.05) is 13.7 Å². The van der Waals surface area contributed by atoms with Gasteiger partial charge in [-0.25, -0.2) is 4.39 Å². The third kappa shape index (κ3) is 2.68. The molecule has 5 heteroatoms. The van der Waals surface area contributed by atoms with E-state index >= 15 is 0 Å². The van der Waals surface area contributed by atoms with Crippen molar-refractivity contribution in [3.63, 3.8) is 0 Å². The highest BCUT2D eigenvalue weighted by molar-refractivity contribution is 5.62. The van der Waals surface area contributed by atoms with Crippen molar-refractivity contribution in [1.29, 1.82) is 0 Å². The van der Waals surface area contributed by atoms with Crippen molar-refractivity contribution in [2.45, 2.75) is 13.0 Å². The molecule has 0 aliphatic rings. The predicted octanol–water partition coefficient (Wildman–Crippen LogP) is 2.05. The van der Waals surface area contributed by atoms with Crippen LogP contribution in [0.5, 0.6) is 5.75 Å². The van der Waals surface area contributed by atoms with E-state index in [2.05, 4.69) is 5.10 Å². The SMILES string of the molecule is COc1ccc(-c2cnn(CCCN)c2)cc1F. The monoisotopic (exact) mass is 249 g/mol. The van der Waals surface area contributed by atoms with Gasteiger partial charge in [0.25, 0.3) is 0 Å². The van der Waals surface area contributed by atoms with Crippen molar-refractivity contribution in [2.24, 2.45) is 5.73 Å². The van der Waals surface area contributed by atoms with Crippen LogP contribution in [0, 0.1) is 5.82 Å². The lowest BCUT2D eigenvalue weighted by Crippen LogP contribution is -2.05. The van der Waals surface area contributed by atoms with E-state index in [9.17, 15) is 4.39 Å². The zero-order valence-electron chi connectivity index (χ0n) is 10.3. The third-order valence-electron chi connectivity index (χ3n) is 2.71. The number of rotatable bonds is 5. The highest BCUT2D eigenvalue weighted by Gasteiger charge is 2.06. The lowest BCUT2D eigenvalue weighted by Gasteiger charge is -2.03. The molecule has 1 aromatic carbocycles. The smallest absolute Gasteiger partial charge is 0.165 e. The quantitative estimate of drug-likeness (QED) is 0.882. The van der Waals surface area contributed by atoms with Gasteiger partial charge in [0.05, 0.1) is 13.3 Å². The van der Waals surface area contributed by atoms with Gasteiger partial charge >= 0.3 is 0 Å². The number of nitrogens with zero attached hydrogens (tertiary/aromatic N) is 2. The maximum absolute atomic E-state index is 13.6. The van der Waals surface area contributed by atoms with Gasteiger partial charge in [-0.3, -0.25) is 4.68 Å². The molecule has 0 bridgehead atoms. The molecule has 0 saturated carbocycles. The van der Waals surface area contributed by atoms with Crippen molar-refractivity contribution in [3.05, 3.63) is 36.4 Å². The second-order valence-electron chi connectivity index (χ2n) is 3.98. The Balaban J connectivity index is 2.20. The molecule has 0 atom stereocenters. The van der Waals surface area contributed by atoms with Crippen LogP contribution in [0.15, 0.2) is 30.6 Å². The fraction of sp³-hybridized carbons (Fsp3) is 0.308. The first kappa shape index (κ1) is 12.6. The number of ether oxygens (including phenoxy) is 1. The second-order valence-corrected chi connectivity index (χ2v) is 3.98. The van der Waals surface area contributed by atoms with Crippen LogP contribution in [-0.4, -0.2) is 23.4 Å². The van der Waals surface area contributed by atoms with Crippen molar-refractivity contribution in [3.8, 4) is 16.9 Å². The molecular weight excluding hydrogens is 233 g/mol. The van der Waals surface area contributed by atoms with E-state index in [0.717, 1.165) is 24.1 Å². The molecule has 96 valence electrons. The number of methoxy groups -OCH3 is 1. The minimum Gasteiger partial charge on any atom is -0.494 e. The highest BCUT2D eigenvalue weighted by Crippen LogP contribution is 2.25. The summed E-state index contributed by atoms with van der Waals surface area (Å²) in [6.07, 6.45) is 4.48. The number of aryl methyl sites for hydroxylation is 1.